The molecule has 4 nitrogen and oxygen atoms in total. The van der Waals surface area contributed by atoms with E-state index in [4.69, 9.17) is 21.1 Å². The highest BCUT2D eigenvalue weighted by molar-refractivity contribution is 6.32. The van der Waals surface area contributed by atoms with Gasteiger partial charge in [0, 0.05) is 5.56 Å². The van der Waals surface area contributed by atoms with Crippen LogP contribution in [-0.2, 0) is 0 Å². The van der Waals surface area contributed by atoms with Gasteiger partial charge in [0.05, 0.1) is 31.1 Å². The van der Waals surface area contributed by atoms with Gasteiger partial charge in [-0.3, -0.25) is 5.43 Å². The van der Waals surface area contributed by atoms with Gasteiger partial charge in [0.15, 0.2) is 0 Å². The number of rotatable bonds is 5. The van der Waals surface area contributed by atoms with Crippen LogP contribution in [0.4, 0.5) is 5.69 Å². The molecule has 3 aromatic rings. The summed E-state index contributed by atoms with van der Waals surface area (Å²) in [5.74, 6) is 1.40. The minimum atomic E-state index is 0.528. The van der Waals surface area contributed by atoms with Crippen LogP contribution in [0.15, 0.2) is 59.7 Å². The lowest BCUT2D eigenvalue weighted by Crippen LogP contribution is -1.95. The van der Waals surface area contributed by atoms with E-state index in [-0.39, 0.29) is 0 Å². The van der Waals surface area contributed by atoms with Gasteiger partial charge >= 0.3 is 0 Å². The lowest BCUT2D eigenvalue weighted by atomic mass is 10.0. The Morgan fingerprint density at radius 3 is 2.46 bits per heavy atom. The van der Waals surface area contributed by atoms with E-state index < -0.39 is 0 Å². The van der Waals surface area contributed by atoms with Gasteiger partial charge in [0.25, 0.3) is 0 Å². The Morgan fingerprint density at radius 2 is 1.71 bits per heavy atom. The summed E-state index contributed by atoms with van der Waals surface area (Å²) >= 11 is 6.11. The van der Waals surface area contributed by atoms with E-state index >= 15 is 0 Å². The predicted octanol–water partition coefficient (Wildman–Crippen LogP) is 4.96. The number of halogens is 1. The van der Waals surface area contributed by atoms with Crippen LogP contribution >= 0.6 is 11.6 Å². The van der Waals surface area contributed by atoms with Crippen LogP contribution in [0.1, 0.15) is 5.56 Å². The molecule has 0 aliphatic rings. The van der Waals surface area contributed by atoms with Gasteiger partial charge in [-0.1, -0.05) is 41.9 Å². The largest absolute Gasteiger partial charge is 0.496 e. The van der Waals surface area contributed by atoms with Crippen LogP contribution in [0.2, 0.25) is 5.02 Å². The summed E-state index contributed by atoms with van der Waals surface area (Å²) in [5, 5.41) is 7.05. The molecule has 0 radical (unpaired) electrons. The molecule has 0 heterocycles. The first-order valence-corrected chi connectivity index (χ1v) is 7.79. The maximum absolute atomic E-state index is 6.11. The van der Waals surface area contributed by atoms with Crippen molar-refractivity contribution in [1.29, 1.82) is 0 Å². The summed E-state index contributed by atoms with van der Waals surface area (Å²) in [6, 6.07) is 17.5. The van der Waals surface area contributed by atoms with E-state index in [1.165, 1.54) is 0 Å². The van der Waals surface area contributed by atoms with Crippen LogP contribution in [0.3, 0.4) is 0 Å². The smallest absolute Gasteiger partial charge is 0.137 e. The minimum absolute atomic E-state index is 0.528. The zero-order valence-corrected chi connectivity index (χ0v) is 14.2. The standard InChI is InChI=1S/C19H17ClN2O2/c1-23-18-9-7-13-5-3-4-6-15(13)16(18)12-21-22-14-8-10-19(24-2)17(20)11-14/h3-12,22H,1-2H3/b21-12+. The van der Waals surface area contributed by atoms with Gasteiger partial charge in [-0.25, -0.2) is 0 Å². The molecule has 0 saturated heterocycles. The lowest BCUT2D eigenvalue weighted by molar-refractivity contribution is 0.415. The third kappa shape index (κ3) is 3.29. The Bertz CT molecular complexity index is 894. The van der Waals surface area contributed by atoms with E-state index in [1.807, 2.05) is 36.4 Å². The molecule has 0 aliphatic carbocycles. The van der Waals surface area contributed by atoms with Crippen molar-refractivity contribution in [2.24, 2.45) is 5.10 Å². The van der Waals surface area contributed by atoms with Crippen LogP contribution in [0.5, 0.6) is 11.5 Å². The van der Waals surface area contributed by atoms with E-state index in [0.717, 1.165) is 27.8 Å². The number of ether oxygens (including phenoxy) is 2. The first-order chi connectivity index (χ1) is 11.7. The highest BCUT2D eigenvalue weighted by atomic mass is 35.5. The van der Waals surface area contributed by atoms with E-state index in [9.17, 15) is 0 Å². The molecule has 122 valence electrons. The van der Waals surface area contributed by atoms with E-state index in [1.54, 1.807) is 32.6 Å². The van der Waals surface area contributed by atoms with Crippen molar-refractivity contribution in [3.8, 4) is 11.5 Å². The Hall–Kier alpha value is -2.72. The number of anilines is 1. The Balaban J connectivity index is 1.89. The quantitative estimate of drug-likeness (QED) is 0.527. The molecular weight excluding hydrogens is 324 g/mol. The second kappa shape index (κ2) is 7.23. The van der Waals surface area contributed by atoms with Gasteiger partial charge in [-0.15, -0.1) is 0 Å². The molecule has 0 aliphatic heterocycles. The highest BCUT2D eigenvalue weighted by Crippen LogP contribution is 2.28. The normalized spacial score (nSPS) is 11.0. The first-order valence-electron chi connectivity index (χ1n) is 7.41. The average Bonchev–Trinajstić information content (AvgIpc) is 2.62. The number of methoxy groups -OCH3 is 2. The highest BCUT2D eigenvalue weighted by Gasteiger charge is 2.06. The SMILES string of the molecule is COc1ccc(N/N=C/c2c(OC)ccc3ccccc23)cc1Cl. The minimum Gasteiger partial charge on any atom is -0.496 e. The molecule has 0 bridgehead atoms. The molecule has 0 atom stereocenters. The second-order valence-corrected chi connectivity index (χ2v) is 5.53. The topological polar surface area (TPSA) is 42.8 Å². The number of hydrogen-bond acceptors (Lipinski definition) is 4. The summed E-state index contributed by atoms with van der Waals surface area (Å²) in [4.78, 5) is 0. The van der Waals surface area contributed by atoms with Crippen LogP contribution in [0.25, 0.3) is 10.8 Å². The molecule has 0 saturated carbocycles. The zero-order chi connectivity index (χ0) is 16.9. The molecule has 0 unspecified atom stereocenters. The van der Waals surface area contributed by atoms with Crippen LogP contribution in [-0.4, -0.2) is 20.4 Å². The van der Waals surface area contributed by atoms with Gasteiger partial charge in [0.2, 0.25) is 0 Å². The summed E-state index contributed by atoms with van der Waals surface area (Å²) in [6.07, 6.45) is 1.75. The molecule has 1 N–H and O–H groups in total. The Labute approximate surface area is 145 Å². The third-order valence-electron chi connectivity index (χ3n) is 3.69. The van der Waals surface area contributed by atoms with E-state index in [0.29, 0.717) is 10.8 Å². The lowest BCUT2D eigenvalue weighted by Gasteiger charge is -2.09. The number of nitrogens with zero attached hydrogens (tertiary/aromatic N) is 1. The number of hydrazone groups is 1. The monoisotopic (exact) mass is 340 g/mol. The van der Waals surface area contributed by atoms with Crippen molar-refractivity contribution in [3.05, 3.63) is 65.2 Å². The van der Waals surface area contributed by atoms with Crippen LogP contribution < -0.4 is 14.9 Å². The molecule has 0 spiro atoms. The molecule has 3 aromatic carbocycles. The van der Waals surface area contributed by atoms with Crippen molar-refractivity contribution in [3.63, 3.8) is 0 Å². The summed E-state index contributed by atoms with van der Waals surface area (Å²) in [7, 11) is 3.23. The number of nitrogens with one attached hydrogen (secondary N) is 1. The average molecular weight is 341 g/mol. The van der Waals surface area contributed by atoms with Crippen molar-refractivity contribution >= 4 is 34.3 Å². The fraction of sp³-hybridized carbons (Fsp3) is 0.105. The molecular formula is C19H17ClN2O2. The van der Waals surface area contributed by atoms with Crippen molar-refractivity contribution in [1.82, 2.24) is 0 Å². The fourth-order valence-corrected chi connectivity index (χ4v) is 2.75. The zero-order valence-electron chi connectivity index (χ0n) is 13.4. The van der Waals surface area contributed by atoms with Crippen LogP contribution in [0, 0.1) is 0 Å². The Kier molecular flexibility index (Phi) is 4.87. The summed E-state index contributed by atoms with van der Waals surface area (Å²) in [6.45, 7) is 0. The number of fused-ring (bicyclic) bond motifs is 1. The number of hydrogen-bond donors (Lipinski definition) is 1. The molecule has 24 heavy (non-hydrogen) atoms. The summed E-state index contributed by atoms with van der Waals surface area (Å²) < 4.78 is 10.6. The molecule has 0 amide bonds. The van der Waals surface area contributed by atoms with Gasteiger partial charge in [0.1, 0.15) is 11.5 Å². The summed E-state index contributed by atoms with van der Waals surface area (Å²) in [5.41, 5.74) is 4.67. The third-order valence-corrected chi connectivity index (χ3v) is 3.99. The van der Waals surface area contributed by atoms with Gasteiger partial charge < -0.3 is 9.47 Å². The van der Waals surface area contributed by atoms with Crippen molar-refractivity contribution < 1.29 is 9.47 Å². The second-order valence-electron chi connectivity index (χ2n) is 5.12. The Morgan fingerprint density at radius 1 is 0.958 bits per heavy atom. The molecule has 0 fully saturated rings. The van der Waals surface area contributed by atoms with Gasteiger partial charge in [-0.2, -0.15) is 5.10 Å². The molecule has 3 rings (SSSR count). The van der Waals surface area contributed by atoms with E-state index in [2.05, 4.69) is 16.6 Å². The number of benzene rings is 3. The molecule has 0 aromatic heterocycles. The molecule has 5 heteroatoms. The maximum Gasteiger partial charge on any atom is 0.137 e. The maximum atomic E-state index is 6.11. The predicted molar refractivity (Wildman–Crippen MR) is 99.7 cm³/mol. The first kappa shape index (κ1) is 16.1. The van der Waals surface area contributed by atoms with Crippen molar-refractivity contribution in [2.45, 2.75) is 0 Å². The van der Waals surface area contributed by atoms with Gasteiger partial charge in [-0.05, 0) is 35.0 Å². The van der Waals surface area contributed by atoms with Crippen molar-refractivity contribution in [2.75, 3.05) is 19.6 Å². The fourth-order valence-electron chi connectivity index (χ4n) is 2.49.